The standard InChI is InChI=1S/C24H27N5O5S/c1-18-10-11-20(35(32,33)29-12-6-3-7-13-29)14-21(18)25-23(30)17-34-24(31)22-16-28(27-26-22)15-19-8-4-2-5-9-19/h2,4-5,8-11,14,16H,3,6-7,12-13,15,17H2,1H3,(H,25,30). The lowest BCUT2D eigenvalue weighted by molar-refractivity contribution is -0.119. The molecule has 3 aromatic rings. The van der Waals surface area contributed by atoms with Crippen LogP contribution >= 0.6 is 0 Å². The number of nitrogens with one attached hydrogen (secondary N) is 1. The van der Waals surface area contributed by atoms with Gasteiger partial charge in [0.2, 0.25) is 10.0 Å². The summed E-state index contributed by atoms with van der Waals surface area (Å²) in [5.41, 5.74) is 2.01. The number of nitrogens with zero attached hydrogens (tertiary/aromatic N) is 4. The smallest absolute Gasteiger partial charge is 0.361 e. The third-order valence-electron chi connectivity index (χ3n) is 5.71. The predicted octanol–water partition coefficient (Wildman–Crippen LogP) is 2.60. The molecule has 0 saturated carbocycles. The highest BCUT2D eigenvalue weighted by molar-refractivity contribution is 7.89. The molecule has 0 bridgehead atoms. The molecule has 1 N–H and O–H groups in total. The number of benzene rings is 2. The van der Waals surface area contributed by atoms with Crippen LogP contribution in [0.1, 0.15) is 40.9 Å². The van der Waals surface area contributed by atoms with Crippen LogP contribution in [-0.4, -0.2) is 59.3 Å². The molecule has 0 radical (unpaired) electrons. The molecule has 10 nitrogen and oxygen atoms in total. The molecule has 4 rings (SSSR count). The van der Waals surface area contributed by atoms with Gasteiger partial charge in [-0.3, -0.25) is 4.79 Å². The predicted molar refractivity (Wildman–Crippen MR) is 128 cm³/mol. The fourth-order valence-corrected chi connectivity index (χ4v) is 5.33. The van der Waals surface area contributed by atoms with Crippen LogP contribution in [0.25, 0.3) is 0 Å². The van der Waals surface area contributed by atoms with E-state index in [1.807, 2.05) is 30.3 Å². The maximum absolute atomic E-state index is 13.0. The lowest BCUT2D eigenvalue weighted by Gasteiger charge is -2.26. The van der Waals surface area contributed by atoms with E-state index in [4.69, 9.17) is 4.74 Å². The van der Waals surface area contributed by atoms with E-state index >= 15 is 0 Å². The summed E-state index contributed by atoms with van der Waals surface area (Å²) in [5.74, 6) is -1.37. The van der Waals surface area contributed by atoms with Gasteiger partial charge in [-0.1, -0.05) is 48.0 Å². The molecule has 35 heavy (non-hydrogen) atoms. The number of ether oxygens (including phenoxy) is 1. The summed E-state index contributed by atoms with van der Waals surface area (Å²) >= 11 is 0. The second-order valence-electron chi connectivity index (χ2n) is 8.35. The molecule has 1 aliphatic rings. The Balaban J connectivity index is 1.35. The summed E-state index contributed by atoms with van der Waals surface area (Å²) in [4.78, 5) is 24.8. The van der Waals surface area contributed by atoms with E-state index in [2.05, 4.69) is 15.6 Å². The van der Waals surface area contributed by atoms with Gasteiger partial charge in [0.25, 0.3) is 5.91 Å². The van der Waals surface area contributed by atoms with Gasteiger partial charge < -0.3 is 10.1 Å². The van der Waals surface area contributed by atoms with Crippen molar-refractivity contribution >= 4 is 27.6 Å². The molecule has 0 unspecified atom stereocenters. The van der Waals surface area contributed by atoms with Crippen molar-refractivity contribution in [1.29, 1.82) is 0 Å². The Labute approximate surface area is 203 Å². The summed E-state index contributed by atoms with van der Waals surface area (Å²) in [7, 11) is -3.64. The van der Waals surface area contributed by atoms with Gasteiger partial charge in [-0.15, -0.1) is 5.10 Å². The van der Waals surface area contributed by atoms with Crippen LogP contribution in [0.5, 0.6) is 0 Å². The number of hydrogen-bond acceptors (Lipinski definition) is 7. The SMILES string of the molecule is Cc1ccc(S(=O)(=O)N2CCCCC2)cc1NC(=O)COC(=O)c1cn(Cc2ccccc2)nn1. The molecule has 2 heterocycles. The zero-order valence-corrected chi connectivity index (χ0v) is 20.2. The van der Waals surface area contributed by atoms with E-state index in [1.165, 1.54) is 27.3 Å². The van der Waals surface area contributed by atoms with Crippen molar-refractivity contribution in [3.8, 4) is 0 Å². The lowest BCUT2D eigenvalue weighted by atomic mass is 10.2. The normalized spacial score (nSPS) is 14.4. The molecule has 0 atom stereocenters. The van der Waals surface area contributed by atoms with E-state index in [9.17, 15) is 18.0 Å². The molecular formula is C24H27N5O5S. The molecule has 1 saturated heterocycles. The number of esters is 1. The van der Waals surface area contributed by atoms with Crippen molar-refractivity contribution in [2.75, 3.05) is 25.0 Å². The molecule has 0 spiro atoms. The van der Waals surface area contributed by atoms with Crippen LogP contribution < -0.4 is 5.32 Å². The highest BCUT2D eigenvalue weighted by atomic mass is 32.2. The highest BCUT2D eigenvalue weighted by Gasteiger charge is 2.26. The van der Waals surface area contributed by atoms with E-state index in [1.54, 1.807) is 13.0 Å². The monoisotopic (exact) mass is 497 g/mol. The molecule has 0 aliphatic carbocycles. The van der Waals surface area contributed by atoms with Crippen molar-refractivity contribution in [1.82, 2.24) is 19.3 Å². The Hall–Kier alpha value is -3.57. The van der Waals surface area contributed by atoms with Crippen LogP contribution in [0.3, 0.4) is 0 Å². The summed E-state index contributed by atoms with van der Waals surface area (Å²) in [6.07, 6.45) is 4.13. The second kappa shape index (κ2) is 10.8. The quantitative estimate of drug-likeness (QED) is 0.475. The van der Waals surface area contributed by atoms with Crippen LogP contribution in [0, 0.1) is 6.92 Å². The molecule has 184 valence electrons. The Morgan fingerprint density at radius 1 is 1.06 bits per heavy atom. The molecule has 1 aromatic heterocycles. The van der Waals surface area contributed by atoms with Gasteiger partial charge in [-0.25, -0.2) is 17.9 Å². The third-order valence-corrected chi connectivity index (χ3v) is 7.60. The van der Waals surface area contributed by atoms with Gasteiger partial charge in [-0.05, 0) is 43.0 Å². The van der Waals surface area contributed by atoms with Crippen LogP contribution in [0.4, 0.5) is 5.69 Å². The second-order valence-corrected chi connectivity index (χ2v) is 10.3. The average Bonchev–Trinajstić information content (AvgIpc) is 3.33. The highest BCUT2D eigenvalue weighted by Crippen LogP contribution is 2.25. The number of hydrogen-bond donors (Lipinski definition) is 1. The summed E-state index contributed by atoms with van der Waals surface area (Å²) < 4.78 is 33.9. The number of anilines is 1. The minimum absolute atomic E-state index is 0.0143. The van der Waals surface area contributed by atoms with Crippen molar-refractivity contribution in [2.45, 2.75) is 37.6 Å². The van der Waals surface area contributed by atoms with Crippen molar-refractivity contribution < 1.29 is 22.7 Å². The fraction of sp³-hybridized carbons (Fsp3) is 0.333. The first-order valence-electron chi connectivity index (χ1n) is 11.3. The average molecular weight is 498 g/mol. The third kappa shape index (κ3) is 6.11. The first kappa shape index (κ1) is 24.6. The topological polar surface area (TPSA) is 123 Å². The van der Waals surface area contributed by atoms with Crippen LogP contribution in [0.15, 0.2) is 59.6 Å². The van der Waals surface area contributed by atoms with E-state index in [0.29, 0.717) is 30.9 Å². The molecular weight excluding hydrogens is 470 g/mol. The van der Waals surface area contributed by atoms with Crippen molar-refractivity contribution in [3.05, 3.63) is 71.5 Å². The molecule has 1 amide bonds. The number of aryl methyl sites for hydroxylation is 1. The largest absolute Gasteiger partial charge is 0.451 e. The first-order chi connectivity index (χ1) is 16.8. The maximum Gasteiger partial charge on any atom is 0.361 e. The van der Waals surface area contributed by atoms with Crippen LogP contribution in [0.2, 0.25) is 0 Å². The van der Waals surface area contributed by atoms with Gasteiger partial charge in [0.05, 0.1) is 17.6 Å². The summed E-state index contributed by atoms with van der Waals surface area (Å²) in [6, 6.07) is 14.2. The Kier molecular flexibility index (Phi) is 7.57. The van der Waals surface area contributed by atoms with E-state index in [0.717, 1.165) is 24.8 Å². The first-order valence-corrected chi connectivity index (χ1v) is 12.8. The molecule has 11 heteroatoms. The maximum atomic E-state index is 13.0. The lowest BCUT2D eigenvalue weighted by Crippen LogP contribution is -2.35. The molecule has 2 aromatic carbocycles. The Morgan fingerprint density at radius 2 is 1.80 bits per heavy atom. The number of carbonyl (C=O) groups is 2. The summed E-state index contributed by atoms with van der Waals surface area (Å²) in [5, 5.41) is 10.4. The number of sulfonamides is 1. The van der Waals surface area contributed by atoms with Gasteiger partial charge in [0, 0.05) is 18.8 Å². The van der Waals surface area contributed by atoms with Crippen molar-refractivity contribution in [3.63, 3.8) is 0 Å². The summed E-state index contributed by atoms with van der Waals surface area (Å²) in [6.45, 7) is 2.63. The van der Waals surface area contributed by atoms with Crippen molar-refractivity contribution in [2.24, 2.45) is 0 Å². The van der Waals surface area contributed by atoms with E-state index in [-0.39, 0.29) is 10.6 Å². The molecule has 1 fully saturated rings. The van der Waals surface area contributed by atoms with Gasteiger partial charge in [0.1, 0.15) is 0 Å². The number of aromatic nitrogens is 3. The number of amides is 1. The Bertz CT molecular complexity index is 1300. The molecule has 1 aliphatic heterocycles. The van der Waals surface area contributed by atoms with Gasteiger partial charge in [0.15, 0.2) is 12.3 Å². The number of carbonyl (C=O) groups excluding carboxylic acids is 2. The van der Waals surface area contributed by atoms with E-state index < -0.39 is 28.5 Å². The van der Waals surface area contributed by atoms with Gasteiger partial charge >= 0.3 is 5.97 Å². The Morgan fingerprint density at radius 3 is 2.54 bits per heavy atom. The van der Waals surface area contributed by atoms with Crippen LogP contribution in [-0.2, 0) is 26.1 Å². The fourth-order valence-electron chi connectivity index (χ4n) is 3.78. The number of rotatable bonds is 8. The zero-order valence-electron chi connectivity index (χ0n) is 19.4. The number of piperidine rings is 1. The minimum Gasteiger partial charge on any atom is -0.451 e. The zero-order chi connectivity index (χ0) is 24.8. The minimum atomic E-state index is -3.64. The van der Waals surface area contributed by atoms with Gasteiger partial charge in [-0.2, -0.15) is 4.31 Å².